The van der Waals surface area contributed by atoms with Crippen molar-refractivity contribution in [1.29, 1.82) is 0 Å². The van der Waals surface area contributed by atoms with E-state index in [1.807, 2.05) is 83.1 Å². The number of nitrogens with one attached hydrogen (secondary N) is 3. The number of pyridine rings is 1. The van der Waals surface area contributed by atoms with E-state index in [2.05, 4.69) is 52.1 Å². The zero-order chi connectivity index (χ0) is 32.5. The molecule has 0 unspecified atom stereocenters. The molecule has 0 radical (unpaired) electrons. The summed E-state index contributed by atoms with van der Waals surface area (Å²) in [5, 5.41) is 20.3. The lowest BCUT2D eigenvalue weighted by molar-refractivity contribution is -0.138. The van der Waals surface area contributed by atoms with Crippen LogP contribution >= 0.6 is 0 Å². The Morgan fingerprint density at radius 2 is 1.55 bits per heavy atom. The molecule has 4 aromatic rings. The van der Waals surface area contributed by atoms with E-state index in [0.29, 0.717) is 18.5 Å². The van der Waals surface area contributed by atoms with E-state index < -0.39 is 17.9 Å². The minimum atomic E-state index is -1.03. The van der Waals surface area contributed by atoms with E-state index in [1.165, 1.54) is 10.9 Å². The molecule has 4 N–H and O–H groups in total. The first kappa shape index (κ1) is 35.5. The number of aryl methyl sites for hydroxylation is 2. The molecule has 1 aromatic heterocycles. The molecule has 0 aliphatic carbocycles. The van der Waals surface area contributed by atoms with Crippen molar-refractivity contribution in [2.24, 2.45) is 0 Å². The Balaban J connectivity index is 0. The van der Waals surface area contributed by atoms with Crippen molar-refractivity contribution in [2.75, 3.05) is 18.4 Å². The fourth-order valence-corrected chi connectivity index (χ4v) is 4.63. The van der Waals surface area contributed by atoms with Gasteiger partial charge < -0.3 is 21.1 Å². The standard InChI is InChI=1S/C32H34N4O4.2C2H6.3H2/c1-21-15-17-34-29(18-21)33-16-5-8-30(37)35-20-31(38)36-28(19-32(39)40)24-12-10-23(11-13-24)26-14-9-22(2)25-6-3-4-7-27(25)26;2*1-2;;;/h3-4,6-7,9-15,17-18,28H,5,8,16,19-20H2,1-2H3,(H,33,34)(H,35,37)(H,36,38)(H,39,40);2*1-2H3;3*1H/t28-;;;;;/m0...../s1. The second kappa shape index (κ2) is 18.7. The Morgan fingerprint density at radius 1 is 0.864 bits per heavy atom. The van der Waals surface area contributed by atoms with Gasteiger partial charge in [0.2, 0.25) is 11.8 Å². The molecular formula is C36H52N4O4. The van der Waals surface area contributed by atoms with Crippen LogP contribution in [-0.4, -0.2) is 41.0 Å². The number of nitrogens with zero attached hydrogens (tertiary/aromatic N) is 1. The maximum Gasteiger partial charge on any atom is 0.305 e. The van der Waals surface area contributed by atoms with Crippen molar-refractivity contribution < 1.29 is 23.8 Å². The molecule has 1 atom stereocenters. The van der Waals surface area contributed by atoms with Crippen molar-refractivity contribution >= 4 is 34.4 Å². The first-order chi connectivity index (χ1) is 21.3. The first-order valence-electron chi connectivity index (χ1n) is 15.3. The topological polar surface area (TPSA) is 120 Å². The number of rotatable bonds is 12. The highest BCUT2D eigenvalue weighted by Crippen LogP contribution is 2.31. The van der Waals surface area contributed by atoms with Gasteiger partial charge >= 0.3 is 5.97 Å². The summed E-state index contributed by atoms with van der Waals surface area (Å²) in [5.41, 5.74) is 5.06. The van der Waals surface area contributed by atoms with Gasteiger partial charge in [0, 0.05) is 23.4 Å². The number of carbonyl (C=O) groups excluding carboxylic acids is 2. The third-order valence-corrected chi connectivity index (χ3v) is 6.73. The van der Waals surface area contributed by atoms with Gasteiger partial charge in [-0.05, 0) is 71.0 Å². The molecule has 8 heteroatoms. The van der Waals surface area contributed by atoms with Gasteiger partial charge in [-0.1, -0.05) is 88.4 Å². The lowest BCUT2D eigenvalue weighted by Crippen LogP contribution is -2.39. The second-order valence-corrected chi connectivity index (χ2v) is 9.84. The van der Waals surface area contributed by atoms with Crippen LogP contribution in [0.2, 0.25) is 0 Å². The van der Waals surface area contributed by atoms with Crippen LogP contribution in [0.15, 0.2) is 79.0 Å². The number of fused-ring (bicyclic) bond motifs is 1. The Morgan fingerprint density at radius 3 is 2.20 bits per heavy atom. The van der Waals surface area contributed by atoms with Crippen molar-refractivity contribution in [2.45, 2.75) is 66.8 Å². The van der Waals surface area contributed by atoms with E-state index in [-0.39, 0.29) is 29.6 Å². The lowest BCUT2D eigenvalue weighted by atomic mass is 9.94. The van der Waals surface area contributed by atoms with Crippen molar-refractivity contribution in [3.05, 3.63) is 95.7 Å². The molecular weight excluding hydrogens is 552 g/mol. The van der Waals surface area contributed by atoms with Gasteiger partial charge in [-0.15, -0.1) is 0 Å². The van der Waals surface area contributed by atoms with Gasteiger partial charge in [-0.2, -0.15) is 0 Å². The smallest absolute Gasteiger partial charge is 0.305 e. The third-order valence-electron chi connectivity index (χ3n) is 6.73. The zero-order valence-electron chi connectivity index (χ0n) is 26.7. The van der Waals surface area contributed by atoms with E-state index in [9.17, 15) is 19.5 Å². The summed E-state index contributed by atoms with van der Waals surface area (Å²) in [6.07, 6.45) is 2.28. The number of anilines is 1. The van der Waals surface area contributed by atoms with Gasteiger partial charge in [0.15, 0.2) is 0 Å². The Labute approximate surface area is 265 Å². The molecule has 8 nitrogen and oxygen atoms in total. The predicted octanol–water partition coefficient (Wildman–Crippen LogP) is 7.95. The largest absolute Gasteiger partial charge is 0.481 e. The maximum atomic E-state index is 12.6. The normalized spacial score (nSPS) is 10.8. The van der Waals surface area contributed by atoms with Crippen LogP contribution in [0.4, 0.5) is 5.82 Å². The minimum Gasteiger partial charge on any atom is -0.481 e. The average Bonchev–Trinajstić information content (AvgIpc) is 3.04. The number of carboxylic acid groups (broad SMARTS) is 1. The maximum absolute atomic E-state index is 12.6. The zero-order valence-corrected chi connectivity index (χ0v) is 26.7. The molecule has 2 amide bonds. The van der Waals surface area contributed by atoms with Gasteiger partial charge in [0.1, 0.15) is 5.82 Å². The van der Waals surface area contributed by atoms with Crippen molar-refractivity contribution in [1.82, 2.24) is 15.6 Å². The van der Waals surface area contributed by atoms with E-state index in [4.69, 9.17) is 0 Å². The van der Waals surface area contributed by atoms with E-state index >= 15 is 0 Å². The number of carboxylic acids is 1. The molecule has 0 bridgehead atoms. The molecule has 1 heterocycles. The summed E-state index contributed by atoms with van der Waals surface area (Å²) in [4.78, 5) is 40.5. The van der Waals surface area contributed by atoms with E-state index in [1.54, 1.807) is 6.20 Å². The van der Waals surface area contributed by atoms with Gasteiger partial charge in [0.05, 0.1) is 19.0 Å². The molecule has 0 saturated heterocycles. The van der Waals surface area contributed by atoms with Crippen LogP contribution in [0.25, 0.3) is 21.9 Å². The van der Waals surface area contributed by atoms with Crippen LogP contribution < -0.4 is 16.0 Å². The Hall–Kier alpha value is -4.72. The van der Waals surface area contributed by atoms with Gasteiger partial charge in [-0.25, -0.2) is 4.98 Å². The Bertz CT molecular complexity index is 1520. The van der Waals surface area contributed by atoms with Crippen LogP contribution in [-0.2, 0) is 14.4 Å². The summed E-state index contributed by atoms with van der Waals surface area (Å²) < 4.78 is 0. The Kier molecular flexibility index (Phi) is 15.1. The fraction of sp³-hybridized carbons (Fsp3) is 0.333. The molecule has 4 rings (SSSR count). The monoisotopic (exact) mass is 604 g/mol. The first-order valence-corrected chi connectivity index (χ1v) is 15.3. The SMILES string of the molecule is CC.CC.Cc1ccnc(NCCCC(=O)NCC(=O)N[C@@H](CC(=O)O)c2ccc(-c3ccc(C)c4ccccc34)cc2)c1.[HH].[HH].[HH]. The summed E-state index contributed by atoms with van der Waals surface area (Å²) in [5.74, 6) is -0.975. The second-order valence-electron chi connectivity index (χ2n) is 9.84. The van der Waals surface area contributed by atoms with Gasteiger partial charge in [-0.3, -0.25) is 14.4 Å². The lowest BCUT2D eigenvalue weighted by Gasteiger charge is -2.18. The summed E-state index contributed by atoms with van der Waals surface area (Å²) in [6.45, 7) is 12.4. The molecule has 0 saturated carbocycles. The minimum absolute atomic E-state index is 0. The molecule has 44 heavy (non-hydrogen) atoms. The number of hydrogen-bond acceptors (Lipinski definition) is 5. The quantitative estimate of drug-likeness (QED) is 0.122. The molecule has 0 fully saturated rings. The van der Waals surface area contributed by atoms with Crippen molar-refractivity contribution in [3.63, 3.8) is 0 Å². The number of aromatic nitrogens is 1. The average molecular weight is 605 g/mol. The van der Waals surface area contributed by atoms with Crippen LogP contribution in [0, 0.1) is 13.8 Å². The third kappa shape index (κ3) is 10.8. The van der Waals surface area contributed by atoms with Gasteiger partial charge in [0.25, 0.3) is 0 Å². The van der Waals surface area contributed by atoms with Crippen molar-refractivity contribution in [3.8, 4) is 11.1 Å². The molecule has 0 aliphatic heterocycles. The molecule has 0 aliphatic rings. The predicted molar refractivity (Wildman–Crippen MR) is 186 cm³/mol. The van der Waals surface area contributed by atoms with Crippen LogP contribution in [0.3, 0.4) is 0 Å². The molecule has 240 valence electrons. The molecule has 3 aromatic carbocycles. The number of benzene rings is 3. The highest BCUT2D eigenvalue weighted by atomic mass is 16.4. The summed E-state index contributed by atoms with van der Waals surface area (Å²) >= 11 is 0. The highest BCUT2D eigenvalue weighted by molar-refractivity contribution is 5.98. The number of amides is 2. The molecule has 0 spiro atoms. The number of hydrogen-bond donors (Lipinski definition) is 4. The van der Waals surface area contributed by atoms with E-state index in [0.717, 1.165) is 27.9 Å². The van der Waals surface area contributed by atoms with Crippen LogP contribution in [0.1, 0.15) is 74.0 Å². The number of aliphatic carboxylic acids is 1. The number of carbonyl (C=O) groups is 3. The summed E-state index contributed by atoms with van der Waals surface area (Å²) in [6, 6.07) is 23.1. The highest BCUT2D eigenvalue weighted by Gasteiger charge is 2.19. The van der Waals surface area contributed by atoms with Crippen LogP contribution in [0.5, 0.6) is 0 Å². The fourth-order valence-electron chi connectivity index (χ4n) is 4.63. The summed E-state index contributed by atoms with van der Waals surface area (Å²) in [7, 11) is 0.